The van der Waals surface area contributed by atoms with Crippen molar-refractivity contribution in [2.24, 2.45) is 0 Å². The maximum absolute atomic E-state index is 6.01. The highest BCUT2D eigenvalue weighted by molar-refractivity contribution is 7.99. The SMILES string of the molecule is c1cc(Sc2cccc(-c3cccc(-c4ccc5oc6cnccc6c5c4)c3)c2)cc(-c2cccc(-c3ccc4oc5cnccc5c4c3)c2)c1. The number of nitrogens with zero attached hydrogens (tertiary/aromatic N) is 2. The Hall–Kier alpha value is -6.43. The van der Waals surface area contributed by atoms with E-state index in [1.54, 1.807) is 24.2 Å². The maximum Gasteiger partial charge on any atom is 0.153 e. The van der Waals surface area contributed by atoms with Gasteiger partial charge in [-0.05, 0) is 117 Å². The van der Waals surface area contributed by atoms with Crippen molar-refractivity contribution in [3.8, 4) is 44.5 Å². The Balaban J connectivity index is 0.920. The van der Waals surface area contributed by atoms with E-state index in [1.165, 1.54) is 43.2 Å². The molecule has 0 atom stereocenters. The van der Waals surface area contributed by atoms with Gasteiger partial charge in [-0.1, -0.05) is 84.6 Å². The molecule has 5 heteroatoms. The fourth-order valence-corrected chi connectivity index (χ4v) is 7.93. The zero-order valence-corrected chi connectivity index (χ0v) is 28.1. The first-order chi connectivity index (χ1) is 25.2. The first-order valence-corrected chi connectivity index (χ1v) is 17.7. The first-order valence-electron chi connectivity index (χ1n) is 16.8. The lowest BCUT2D eigenvalue weighted by atomic mass is 9.98. The third kappa shape index (κ3) is 5.45. The number of aromatic nitrogens is 2. The van der Waals surface area contributed by atoms with Gasteiger partial charge in [0.05, 0.1) is 12.4 Å². The van der Waals surface area contributed by atoms with E-state index in [0.717, 1.165) is 55.0 Å². The molecule has 0 aliphatic rings. The Kier molecular flexibility index (Phi) is 7.03. The fourth-order valence-electron chi connectivity index (χ4n) is 6.99. The molecule has 0 saturated heterocycles. The number of rotatable bonds is 6. The maximum atomic E-state index is 6.01. The van der Waals surface area contributed by atoms with Crippen LogP contribution in [0.2, 0.25) is 0 Å². The van der Waals surface area contributed by atoms with Gasteiger partial charge in [-0.3, -0.25) is 9.97 Å². The van der Waals surface area contributed by atoms with Crippen molar-refractivity contribution in [3.05, 3.63) is 170 Å². The summed E-state index contributed by atoms with van der Waals surface area (Å²) in [4.78, 5) is 10.8. The van der Waals surface area contributed by atoms with Gasteiger partial charge < -0.3 is 8.83 Å². The lowest BCUT2D eigenvalue weighted by molar-refractivity contribution is 0.666. The highest BCUT2D eigenvalue weighted by Crippen LogP contribution is 2.37. The molecule has 4 aromatic heterocycles. The van der Waals surface area contributed by atoms with Gasteiger partial charge in [0.2, 0.25) is 0 Å². The smallest absolute Gasteiger partial charge is 0.153 e. The number of hydrogen-bond donors (Lipinski definition) is 0. The van der Waals surface area contributed by atoms with Crippen LogP contribution in [0.15, 0.2) is 189 Å². The Morgan fingerprint density at radius 2 is 0.725 bits per heavy atom. The topological polar surface area (TPSA) is 52.1 Å². The van der Waals surface area contributed by atoms with E-state index in [9.17, 15) is 0 Å². The van der Waals surface area contributed by atoms with Gasteiger partial charge in [-0.25, -0.2) is 0 Å². The largest absolute Gasteiger partial charge is 0.454 e. The van der Waals surface area contributed by atoms with E-state index in [0.29, 0.717) is 0 Å². The minimum absolute atomic E-state index is 0.808. The Bertz CT molecular complexity index is 2720. The average molecular weight is 673 g/mol. The molecule has 0 N–H and O–H groups in total. The molecule has 6 aromatic carbocycles. The van der Waals surface area contributed by atoms with Gasteiger partial charge in [-0.15, -0.1) is 0 Å². The van der Waals surface area contributed by atoms with Gasteiger partial charge in [0, 0.05) is 43.7 Å². The van der Waals surface area contributed by atoms with Gasteiger partial charge in [-0.2, -0.15) is 0 Å². The summed E-state index contributed by atoms with van der Waals surface area (Å²) >= 11 is 1.78. The fraction of sp³-hybridized carbons (Fsp3) is 0. The number of benzene rings is 6. The first kappa shape index (κ1) is 29.5. The summed E-state index contributed by atoms with van der Waals surface area (Å²) in [6.45, 7) is 0. The normalized spacial score (nSPS) is 11.6. The Morgan fingerprint density at radius 1 is 0.333 bits per heavy atom. The third-order valence-corrected chi connectivity index (χ3v) is 10.5. The van der Waals surface area contributed by atoms with Crippen LogP contribution in [0.5, 0.6) is 0 Å². The van der Waals surface area contributed by atoms with Crippen LogP contribution < -0.4 is 0 Å². The van der Waals surface area contributed by atoms with Gasteiger partial charge >= 0.3 is 0 Å². The van der Waals surface area contributed by atoms with Crippen molar-refractivity contribution in [1.82, 2.24) is 9.97 Å². The molecule has 0 amide bonds. The molecule has 0 unspecified atom stereocenters. The summed E-state index contributed by atoms with van der Waals surface area (Å²) in [6.07, 6.45) is 7.18. The van der Waals surface area contributed by atoms with Gasteiger partial charge in [0.25, 0.3) is 0 Å². The number of hydrogen-bond acceptors (Lipinski definition) is 5. The minimum Gasteiger partial charge on any atom is -0.454 e. The molecule has 51 heavy (non-hydrogen) atoms. The molecule has 4 heterocycles. The van der Waals surface area contributed by atoms with Crippen LogP contribution >= 0.6 is 11.8 Å². The summed E-state index contributed by atoms with van der Waals surface area (Å²) in [5.41, 5.74) is 12.7. The van der Waals surface area contributed by atoms with E-state index in [1.807, 2.05) is 24.5 Å². The lowest BCUT2D eigenvalue weighted by Gasteiger charge is -2.10. The van der Waals surface area contributed by atoms with Crippen LogP contribution in [0.25, 0.3) is 88.4 Å². The number of pyridine rings is 2. The standard InChI is InChI=1S/C46H28N2O2S/c1-5-29(21-31(7-1)35-13-15-43-41(25-35)39-17-19-47-27-45(39)49-43)33-9-3-11-37(23-33)51-38-12-4-10-34(24-38)30-6-2-8-32(22-30)36-14-16-44-42(26-36)40-18-20-48-28-46(40)50-44/h1-28H. The monoisotopic (exact) mass is 672 g/mol. The molecule has 4 nitrogen and oxygen atoms in total. The zero-order valence-electron chi connectivity index (χ0n) is 27.3. The highest BCUT2D eigenvalue weighted by atomic mass is 32.2. The predicted octanol–water partition coefficient (Wildman–Crippen LogP) is 13.1. The molecule has 0 aliphatic heterocycles. The molecule has 0 fully saturated rings. The number of fused-ring (bicyclic) bond motifs is 6. The van der Waals surface area contributed by atoms with E-state index in [2.05, 4.69) is 143 Å². The second-order valence-corrected chi connectivity index (χ2v) is 13.8. The quantitative estimate of drug-likeness (QED) is 0.176. The molecular weight excluding hydrogens is 645 g/mol. The van der Waals surface area contributed by atoms with Crippen molar-refractivity contribution in [2.75, 3.05) is 0 Å². The lowest BCUT2D eigenvalue weighted by Crippen LogP contribution is -1.84. The highest BCUT2D eigenvalue weighted by Gasteiger charge is 2.12. The second kappa shape index (κ2) is 12.2. The molecule has 0 aliphatic carbocycles. The Labute approximate surface area is 298 Å². The van der Waals surface area contributed by atoms with E-state index >= 15 is 0 Å². The molecule has 0 bridgehead atoms. The van der Waals surface area contributed by atoms with Crippen LogP contribution in [0.4, 0.5) is 0 Å². The van der Waals surface area contributed by atoms with Gasteiger partial charge in [0.1, 0.15) is 11.2 Å². The second-order valence-electron chi connectivity index (χ2n) is 12.7. The third-order valence-electron chi connectivity index (χ3n) is 9.51. The predicted molar refractivity (Wildman–Crippen MR) is 209 cm³/mol. The summed E-state index contributed by atoms with van der Waals surface area (Å²) in [5, 5.41) is 4.37. The molecule has 0 radical (unpaired) electrons. The number of furan rings is 2. The minimum atomic E-state index is 0.808. The average Bonchev–Trinajstić information content (AvgIpc) is 3.76. The van der Waals surface area contributed by atoms with Crippen molar-refractivity contribution >= 4 is 55.6 Å². The molecule has 0 saturated carbocycles. The molecule has 0 spiro atoms. The van der Waals surface area contributed by atoms with Crippen molar-refractivity contribution in [1.29, 1.82) is 0 Å². The van der Waals surface area contributed by atoms with Crippen LogP contribution in [0.1, 0.15) is 0 Å². The zero-order chi connectivity index (χ0) is 33.7. The Morgan fingerprint density at radius 3 is 1.18 bits per heavy atom. The van der Waals surface area contributed by atoms with Crippen LogP contribution in [0.3, 0.4) is 0 Å². The van der Waals surface area contributed by atoms with Gasteiger partial charge in [0.15, 0.2) is 11.2 Å². The molecule has 240 valence electrons. The summed E-state index contributed by atoms with van der Waals surface area (Å²) in [5.74, 6) is 0. The van der Waals surface area contributed by atoms with E-state index in [-0.39, 0.29) is 0 Å². The van der Waals surface area contributed by atoms with Crippen LogP contribution in [0, 0.1) is 0 Å². The summed E-state index contributed by atoms with van der Waals surface area (Å²) in [7, 11) is 0. The van der Waals surface area contributed by atoms with Crippen molar-refractivity contribution < 1.29 is 8.83 Å². The molecule has 10 rings (SSSR count). The van der Waals surface area contributed by atoms with Crippen LogP contribution in [-0.2, 0) is 0 Å². The molecular formula is C46H28N2O2S. The molecule has 10 aromatic rings. The van der Waals surface area contributed by atoms with Crippen LogP contribution in [-0.4, -0.2) is 9.97 Å². The summed E-state index contributed by atoms with van der Waals surface area (Å²) in [6, 6.07) is 51.9. The van der Waals surface area contributed by atoms with E-state index in [4.69, 9.17) is 8.83 Å². The van der Waals surface area contributed by atoms with E-state index < -0.39 is 0 Å². The van der Waals surface area contributed by atoms with Crippen molar-refractivity contribution in [3.63, 3.8) is 0 Å². The van der Waals surface area contributed by atoms with Crippen molar-refractivity contribution in [2.45, 2.75) is 9.79 Å². The summed E-state index contributed by atoms with van der Waals surface area (Å²) < 4.78 is 12.0.